The molecule has 0 aromatic heterocycles. The van der Waals surface area contributed by atoms with Crippen molar-refractivity contribution in [2.75, 3.05) is 18.4 Å². The van der Waals surface area contributed by atoms with Gasteiger partial charge in [-0.3, -0.25) is 4.79 Å². The quantitative estimate of drug-likeness (QED) is 0.830. The summed E-state index contributed by atoms with van der Waals surface area (Å²) in [5, 5.41) is 6.41. The first kappa shape index (κ1) is 18.5. The Morgan fingerprint density at radius 2 is 2.29 bits per heavy atom. The number of anilines is 1. The Balaban J connectivity index is 0.00000220. The highest BCUT2D eigenvalue weighted by atomic mass is 79.9. The molecule has 5 heteroatoms. The summed E-state index contributed by atoms with van der Waals surface area (Å²) in [6.45, 7) is 6.38. The average Bonchev–Trinajstić information content (AvgIpc) is 2.44. The van der Waals surface area contributed by atoms with Gasteiger partial charge >= 0.3 is 0 Å². The summed E-state index contributed by atoms with van der Waals surface area (Å²) in [7, 11) is 0. The first-order chi connectivity index (χ1) is 9.56. The number of nitrogens with one attached hydrogen (secondary N) is 2. The summed E-state index contributed by atoms with van der Waals surface area (Å²) in [5.74, 6) is 1.16. The van der Waals surface area contributed by atoms with Crippen LogP contribution in [0.15, 0.2) is 22.7 Å². The zero-order valence-electron chi connectivity index (χ0n) is 12.6. The zero-order chi connectivity index (χ0) is 14.5. The molecular weight excluding hydrogens is 352 g/mol. The molecule has 0 saturated carbocycles. The highest BCUT2D eigenvalue weighted by Gasteiger charge is 2.22. The minimum absolute atomic E-state index is 0. The maximum Gasteiger partial charge on any atom is 0.224 e. The van der Waals surface area contributed by atoms with E-state index in [4.69, 9.17) is 0 Å². The van der Waals surface area contributed by atoms with Crippen LogP contribution in [0, 0.1) is 18.8 Å². The van der Waals surface area contributed by atoms with E-state index < -0.39 is 0 Å². The second-order valence-electron chi connectivity index (χ2n) is 5.80. The molecule has 1 heterocycles. The van der Waals surface area contributed by atoms with E-state index in [-0.39, 0.29) is 18.3 Å². The predicted octanol–water partition coefficient (Wildman–Crippen LogP) is 4.14. The van der Waals surface area contributed by atoms with Crippen LogP contribution in [0.3, 0.4) is 0 Å². The third kappa shape index (κ3) is 5.61. The fraction of sp³-hybridized carbons (Fsp3) is 0.562. The van der Waals surface area contributed by atoms with E-state index in [9.17, 15) is 4.79 Å². The molecule has 1 aromatic carbocycles. The normalized spacial score (nSPS) is 19.5. The van der Waals surface area contributed by atoms with Crippen LogP contribution in [0.5, 0.6) is 0 Å². The number of halogens is 2. The molecule has 21 heavy (non-hydrogen) atoms. The van der Waals surface area contributed by atoms with Crippen molar-refractivity contribution in [3.8, 4) is 0 Å². The van der Waals surface area contributed by atoms with Gasteiger partial charge < -0.3 is 10.6 Å². The van der Waals surface area contributed by atoms with Gasteiger partial charge in [0.05, 0.1) is 0 Å². The van der Waals surface area contributed by atoms with Gasteiger partial charge in [0.15, 0.2) is 0 Å². The summed E-state index contributed by atoms with van der Waals surface area (Å²) < 4.78 is 1.03. The van der Waals surface area contributed by atoms with E-state index >= 15 is 0 Å². The summed E-state index contributed by atoms with van der Waals surface area (Å²) >= 11 is 3.49. The monoisotopic (exact) mass is 374 g/mol. The number of piperidine rings is 1. The van der Waals surface area contributed by atoms with Crippen LogP contribution >= 0.6 is 28.3 Å². The molecule has 1 amide bonds. The lowest BCUT2D eigenvalue weighted by molar-refractivity contribution is -0.117. The average molecular weight is 376 g/mol. The van der Waals surface area contributed by atoms with E-state index in [1.807, 2.05) is 25.1 Å². The van der Waals surface area contributed by atoms with Crippen molar-refractivity contribution in [2.24, 2.45) is 11.8 Å². The van der Waals surface area contributed by atoms with E-state index in [0.29, 0.717) is 18.3 Å². The van der Waals surface area contributed by atoms with Gasteiger partial charge in [-0.2, -0.15) is 0 Å². The second-order valence-corrected chi connectivity index (χ2v) is 6.65. The van der Waals surface area contributed by atoms with E-state index in [1.54, 1.807) is 0 Å². The highest BCUT2D eigenvalue weighted by molar-refractivity contribution is 9.10. The van der Waals surface area contributed by atoms with Crippen LogP contribution in [0.4, 0.5) is 5.69 Å². The van der Waals surface area contributed by atoms with Crippen molar-refractivity contribution >= 4 is 39.9 Å². The summed E-state index contributed by atoms with van der Waals surface area (Å²) in [6, 6.07) is 5.92. The van der Waals surface area contributed by atoms with Gasteiger partial charge in [0.25, 0.3) is 0 Å². The predicted molar refractivity (Wildman–Crippen MR) is 94.1 cm³/mol. The number of carbonyl (C=O) groups is 1. The van der Waals surface area contributed by atoms with Crippen molar-refractivity contribution in [2.45, 2.75) is 33.1 Å². The fourth-order valence-corrected chi connectivity index (χ4v) is 3.08. The van der Waals surface area contributed by atoms with Gasteiger partial charge in [-0.25, -0.2) is 0 Å². The zero-order valence-corrected chi connectivity index (χ0v) is 15.0. The Kier molecular flexibility index (Phi) is 7.71. The van der Waals surface area contributed by atoms with Crippen molar-refractivity contribution in [1.29, 1.82) is 0 Å². The Labute approximate surface area is 141 Å². The Morgan fingerprint density at radius 3 is 2.90 bits per heavy atom. The molecule has 3 nitrogen and oxygen atoms in total. The summed E-state index contributed by atoms with van der Waals surface area (Å²) in [4.78, 5) is 12.1. The minimum Gasteiger partial charge on any atom is -0.326 e. The van der Waals surface area contributed by atoms with Crippen LogP contribution in [0.1, 0.15) is 31.7 Å². The number of aryl methyl sites for hydroxylation is 1. The molecule has 0 bridgehead atoms. The second kappa shape index (κ2) is 8.76. The Morgan fingerprint density at radius 1 is 1.52 bits per heavy atom. The molecule has 2 atom stereocenters. The third-order valence-electron chi connectivity index (χ3n) is 4.10. The molecule has 1 aliphatic rings. The molecule has 2 N–H and O–H groups in total. The van der Waals surface area contributed by atoms with Crippen molar-refractivity contribution < 1.29 is 4.79 Å². The third-order valence-corrected chi connectivity index (χ3v) is 4.96. The number of hydrogen-bond acceptors (Lipinski definition) is 2. The van der Waals surface area contributed by atoms with E-state index in [2.05, 4.69) is 33.5 Å². The maximum absolute atomic E-state index is 12.1. The SMILES string of the molecule is Cc1ccc(NC(=O)CC(C)C2CCCNC2)cc1Br.Cl. The lowest BCUT2D eigenvalue weighted by Crippen LogP contribution is -2.34. The fourth-order valence-electron chi connectivity index (χ4n) is 2.71. The Hall–Kier alpha value is -0.580. The number of hydrogen-bond donors (Lipinski definition) is 2. The molecule has 0 radical (unpaired) electrons. The smallest absolute Gasteiger partial charge is 0.224 e. The van der Waals surface area contributed by atoms with Gasteiger partial charge in [-0.05, 0) is 62.4 Å². The van der Waals surface area contributed by atoms with Crippen molar-refractivity contribution in [1.82, 2.24) is 5.32 Å². The maximum atomic E-state index is 12.1. The van der Waals surface area contributed by atoms with E-state index in [0.717, 1.165) is 23.2 Å². The largest absolute Gasteiger partial charge is 0.326 e. The summed E-state index contributed by atoms with van der Waals surface area (Å²) in [6.07, 6.45) is 3.05. The van der Waals surface area contributed by atoms with Gasteiger partial charge in [-0.15, -0.1) is 12.4 Å². The molecule has 118 valence electrons. The van der Waals surface area contributed by atoms with Crippen molar-refractivity contribution in [3.63, 3.8) is 0 Å². The van der Waals surface area contributed by atoms with Crippen LogP contribution in [0.2, 0.25) is 0 Å². The highest BCUT2D eigenvalue weighted by Crippen LogP contribution is 2.24. The molecule has 1 saturated heterocycles. The first-order valence-electron chi connectivity index (χ1n) is 7.33. The molecule has 2 unspecified atom stereocenters. The number of rotatable bonds is 4. The number of carbonyl (C=O) groups excluding carboxylic acids is 1. The molecule has 0 aliphatic carbocycles. The first-order valence-corrected chi connectivity index (χ1v) is 8.12. The van der Waals surface area contributed by atoms with Crippen molar-refractivity contribution in [3.05, 3.63) is 28.2 Å². The van der Waals surface area contributed by atoms with Crippen LogP contribution in [0.25, 0.3) is 0 Å². The van der Waals surface area contributed by atoms with Gasteiger partial charge in [0, 0.05) is 16.6 Å². The topological polar surface area (TPSA) is 41.1 Å². The molecule has 0 spiro atoms. The molecule has 1 fully saturated rings. The van der Waals surface area contributed by atoms with Crippen LogP contribution in [-0.4, -0.2) is 19.0 Å². The lowest BCUT2D eigenvalue weighted by Gasteiger charge is -2.28. The Bertz CT molecular complexity index is 475. The minimum atomic E-state index is 0. The van der Waals surface area contributed by atoms with Crippen LogP contribution < -0.4 is 10.6 Å². The molecular formula is C16H24BrClN2O. The van der Waals surface area contributed by atoms with Gasteiger partial charge in [-0.1, -0.05) is 28.9 Å². The van der Waals surface area contributed by atoms with Gasteiger partial charge in [0.1, 0.15) is 0 Å². The molecule has 2 rings (SSSR count). The molecule has 1 aliphatic heterocycles. The number of amides is 1. The standard InChI is InChI=1S/C16H23BrN2O.ClH/c1-11-5-6-14(9-15(11)17)19-16(20)8-12(2)13-4-3-7-18-10-13;/h5-6,9,12-13,18H,3-4,7-8,10H2,1-2H3,(H,19,20);1H. The summed E-state index contributed by atoms with van der Waals surface area (Å²) in [5.41, 5.74) is 2.03. The lowest BCUT2D eigenvalue weighted by atomic mass is 9.85. The molecule has 1 aromatic rings. The van der Waals surface area contributed by atoms with Gasteiger partial charge in [0.2, 0.25) is 5.91 Å². The number of benzene rings is 1. The van der Waals surface area contributed by atoms with Crippen LogP contribution in [-0.2, 0) is 4.79 Å². The van der Waals surface area contributed by atoms with E-state index in [1.165, 1.54) is 18.4 Å².